The van der Waals surface area contributed by atoms with Gasteiger partial charge in [0.05, 0.1) is 5.69 Å². The van der Waals surface area contributed by atoms with Crippen molar-refractivity contribution < 1.29 is 4.39 Å². The van der Waals surface area contributed by atoms with E-state index in [1.807, 2.05) is 19.9 Å². The van der Waals surface area contributed by atoms with Gasteiger partial charge in [-0.3, -0.25) is 0 Å². The summed E-state index contributed by atoms with van der Waals surface area (Å²) >= 11 is 0. The van der Waals surface area contributed by atoms with Crippen molar-refractivity contribution in [1.82, 2.24) is 14.8 Å². The molecule has 90 valence electrons. The maximum atomic E-state index is 13.7. The SMILES string of the molecule is Cc1nc(C)n(-c2cccc(F)c2CCN)n1. The first-order valence-electron chi connectivity index (χ1n) is 5.51. The Labute approximate surface area is 99.3 Å². The third kappa shape index (κ3) is 2.19. The Bertz CT molecular complexity index is 533. The molecule has 0 unspecified atom stereocenters. The lowest BCUT2D eigenvalue weighted by Crippen LogP contribution is -2.10. The molecule has 0 saturated carbocycles. The number of hydrogen-bond donors (Lipinski definition) is 1. The van der Waals surface area contributed by atoms with Gasteiger partial charge in [0.1, 0.15) is 17.5 Å². The molecule has 0 radical (unpaired) electrons. The number of aromatic nitrogens is 3. The Morgan fingerprint density at radius 2 is 2.12 bits per heavy atom. The van der Waals surface area contributed by atoms with Gasteiger partial charge in [-0.2, -0.15) is 5.10 Å². The van der Waals surface area contributed by atoms with Crippen molar-refractivity contribution in [2.24, 2.45) is 5.73 Å². The van der Waals surface area contributed by atoms with Gasteiger partial charge in [-0.15, -0.1) is 0 Å². The minimum absolute atomic E-state index is 0.250. The van der Waals surface area contributed by atoms with Crippen molar-refractivity contribution in [3.8, 4) is 5.69 Å². The van der Waals surface area contributed by atoms with Crippen LogP contribution in [0.2, 0.25) is 0 Å². The first kappa shape index (κ1) is 11.7. The molecule has 5 heteroatoms. The Hall–Kier alpha value is -1.75. The van der Waals surface area contributed by atoms with E-state index in [2.05, 4.69) is 10.1 Å². The van der Waals surface area contributed by atoms with E-state index in [9.17, 15) is 4.39 Å². The number of halogens is 1. The van der Waals surface area contributed by atoms with Gasteiger partial charge < -0.3 is 5.73 Å². The molecule has 2 rings (SSSR count). The molecule has 0 bridgehead atoms. The minimum Gasteiger partial charge on any atom is -0.330 e. The van der Waals surface area contributed by atoms with Crippen LogP contribution in [0, 0.1) is 19.7 Å². The van der Waals surface area contributed by atoms with Crippen molar-refractivity contribution in [1.29, 1.82) is 0 Å². The number of hydrogen-bond acceptors (Lipinski definition) is 3. The molecule has 1 heterocycles. The summed E-state index contributed by atoms with van der Waals surface area (Å²) in [6, 6.07) is 4.93. The van der Waals surface area contributed by atoms with Gasteiger partial charge in [-0.25, -0.2) is 14.1 Å². The number of nitrogens with zero attached hydrogens (tertiary/aromatic N) is 3. The third-order valence-electron chi connectivity index (χ3n) is 2.59. The largest absolute Gasteiger partial charge is 0.330 e. The Morgan fingerprint density at radius 3 is 2.71 bits per heavy atom. The predicted molar refractivity (Wildman–Crippen MR) is 63.5 cm³/mol. The van der Waals surface area contributed by atoms with E-state index in [0.29, 0.717) is 30.0 Å². The zero-order valence-electron chi connectivity index (χ0n) is 9.94. The second-order valence-electron chi connectivity index (χ2n) is 3.89. The monoisotopic (exact) mass is 234 g/mol. The number of nitrogens with two attached hydrogens (primary N) is 1. The lowest BCUT2D eigenvalue weighted by Gasteiger charge is -2.10. The lowest BCUT2D eigenvalue weighted by molar-refractivity contribution is 0.605. The highest BCUT2D eigenvalue weighted by Crippen LogP contribution is 2.19. The Morgan fingerprint density at radius 1 is 1.35 bits per heavy atom. The summed E-state index contributed by atoms with van der Waals surface area (Å²) in [6.45, 7) is 4.06. The fourth-order valence-corrected chi connectivity index (χ4v) is 1.89. The average Bonchev–Trinajstić information content (AvgIpc) is 2.61. The summed E-state index contributed by atoms with van der Waals surface area (Å²) in [5.74, 6) is 1.16. The van der Waals surface area contributed by atoms with Crippen molar-refractivity contribution in [2.75, 3.05) is 6.54 Å². The summed E-state index contributed by atoms with van der Waals surface area (Å²) in [6.07, 6.45) is 0.486. The smallest absolute Gasteiger partial charge is 0.148 e. The van der Waals surface area contributed by atoms with Crippen molar-refractivity contribution >= 4 is 0 Å². The van der Waals surface area contributed by atoms with Crippen LogP contribution in [-0.2, 0) is 6.42 Å². The molecule has 0 spiro atoms. The van der Waals surface area contributed by atoms with Crippen molar-refractivity contribution in [3.05, 3.63) is 41.2 Å². The summed E-state index contributed by atoms with van der Waals surface area (Å²) in [7, 11) is 0. The van der Waals surface area contributed by atoms with E-state index in [1.165, 1.54) is 6.07 Å². The zero-order valence-corrected chi connectivity index (χ0v) is 9.94. The second-order valence-corrected chi connectivity index (χ2v) is 3.89. The average molecular weight is 234 g/mol. The van der Waals surface area contributed by atoms with Crippen LogP contribution in [0.5, 0.6) is 0 Å². The van der Waals surface area contributed by atoms with Crippen molar-refractivity contribution in [2.45, 2.75) is 20.3 Å². The van der Waals surface area contributed by atoms with Crippen LogP contribution in [0.15, 0.2) is 18.2 Å². The molecular formula is C12H15FN4. The van der Waals surface area contributed by atoms with E-state index in [0.717, 1.165) is 5.82 Å². The van der Waals surface area contributed by atoms with Crippen molar-refractivity contribution in [3.63, 3.8) is 0 Å². The van der Waals surface area contributed by atoms with Gasteiger partial charge in [-0.05, 0) is 38.9 Å². The predicted octanol–water partition coefficient (Wildman–Crippen LogP) is 1.52. The molecular weight excluding hydrogens is 219 g/mol. The van der Waals surface area contributed by atoms with Gasteiger partial charge in [0.25, 0.3) is 0 Å². The van der Waals surface area contributed by atoms with Crippen LogP contribution >= 0.6 is 0 Å². The molecule has 0 amide bonds. The first-order chi connectivity index (χ1) is 8.13. The highest BCUT2D eigenvalue weighted by atomic mass is 19.1. The van der Waals surface area contributed by atoms with E-state index >= 15 is 0 Å². The summed E-state index contributed by atoms with van der Waals surface area (Å²) < 4.78 is 15.4. The maximum absolute atomic E-state index is 13.7. The molecule has 0 aliphatic rings. The fraction of sp³-hybridized carbons (Fsp3) is 0.333. The number of rotatable bonds is 3. The molecule has 0 atom stereocenters. The highest BCUT2D eigenvalue weighted by molar-refractivity contribution is 5.42. The van der Waals surface area contributed by atoms with Gasteiger partial charge in [0, 0.05) is 5.56 Å². The maximum Gasteiger partial charge on any atom is 0.148 e. The second kappa shape index (κ2) is 4.63. The van der Waals surface area contributed by atoms with Gasteiger partial charge in [0.2, 0.25) is 0 Å². The van der Waals surface area contributed by atoms with E-state index in [1.54, 1.807) is 10.7 Å². The normalized spacial score (nSPS) is 10.8. The molecule has 1 aromatic carbocycles. The molecule has 4 nitrogen and oxygen atoms in total. The number of aryl methyl sites for hydroxylation is 2. The zero-order chi connectivity index (χ0) is 12.4. The molecule has 2 N–H and O–H groups in total. The molecule has 17 heavy (non-hydrogen) atoms. The fourth-order valence-electron chi connectivity index (χ4n) is 1.89. The topological polar surface area (TPSA) is 56.7 Å². The van der Waals surface area contributed by atoms with Crippen LogP contribution in [-0.4, -0.2) is 21.3 Å². The van der Waals surface area contributed by atoms with E-state index in [4.69, 9.17) is 5.73 Å². The molecule has 0 aliphatic carbocycles. The molecule has 1 aromatic heterocycles. The summed E-state index contributed by atoms with van der Waals surface area (Å²) in [4.78, 5) is 4.22. The third-order valence-corrected chi connectivity index (χ3v) is 2.59. The van der Waals surface area contributed by atoms with Gasteiger partial charge in [-0.1, -0.05) is 6.07 Å². The Balaban J connectivity index is 2.58. The van der Waals surface area contributed by atoms with Gasteiger partial charge >= 0.3 is 0 Å². The summed E-state index contributed by atoms with van der Waals surface area (Å²) in [5, 5.41) is 4.26. The minimum atomic E-state index is -0.250. The molecule has 0 saturated heterocycles. The standard InChI is InChI=1S/C12H15FN4/c1-8-15-9(2)17(16-8)12-5-3-4-11(13)10(12)6-7-14/h3-5H,6-7,14H2,1-2H3. The lowest BCUT2D eigenvalue weighted by atomic mass is 10.1. The quantitative estimate of drug-likeness (QED) is 0.876. The van der Waals surface area contributed by atoms with E-state index in [-0.39, 0.29) is 5.82 Å². The van der Waals surface area contributed by atoms with Crippen LogP contribution in [0.1, 0.15) is 17.2 Å². The van der Waals surface area contributed by atoms with E-state index < -0.39 is 0 Å². The van der Waals surface area contributed by atoms with Crippen LogP contribution in [0.4, 0.5) is 4.39 Å². The summed E-state index contributed by atoms with van der Waals surface area (Å²) in [5.41, 5.74) is 6.81. The molecule has 0 aliphatic heterocycles. The number of benzene rings is 1. The molecule has 0 fully saturated rings. The van der Waals surface area contributed by atoms with Crippen LogP contribution < -0.4 is 5.73 Å². The Kier molecular flexibility index (Phi) is 3.19. The highest BCUT2D eigenvalue weighted by Gasteiger charge is 2.12. The van der Waals surface area contributed by atoms with Crippen LogP contribution in [0.25, 0.3) is 5.69 Å². The van der Waals surface area contributed by atoms with Crippen LogP contribution in [0.3, 0.4) is 0 Å². The van der Waals surface area contributed by atoms with Gasteiger partial charge in [0.15, 0.2) is 0 Å². The first-order valence-corrected chi connectivity index (χ1v) is 5.51. The molecule has 2 aromatic rings.